The molecule has 192 valence electrons. The monoisotopic (exact) mass is 513 g/mol. The number of aromatic nitrogens is 4. The van der Waals surface area contributed by atoms with Gasteiger partial charge in [0.1, 0.15) is 17.5 Å². The maximum atomic E-state index is 13.8. The molecular weight excluding hydrogens is 491 g/mol. The fourth-order valence-electron chi connectivity index (χ4n) is 4.43. The van der Waals surface area contributed by atoms with Crippen LogP contribution >= 0.6 is 0 Å². The average molecular weight is 513 g/mol. The van der Waals surface area contributed by atoms with Crippen molar-refractivity contribution in [1.29, 1.82) is 0 Å². The first-order valence-corrected chi connectivity index (χ1v) is 11.4. The van der Waals surface area contributed by atoms with Gasteiger partial charge in [-0.05, 0) is 55.7 Å². The Morgan fingerprint density at radius 2 is 1.97 bits per heavy atom. The lowest BCUT2D eigenvalue weighted by Gasteiger charge is -2.24. The summed E-state index contributed by atoms with van der Waals surface area (Å²) in [7, 11) is 1.53. The van der Waals surface area contributed by atoms with Crippen LogP contribution in [-0.4, -0.2) is 50.7 Å². The van der Waals surface area contributed by atoms with Crippen molar-refractivity contribution in [2.24, 2.45) is 0 Å². The van der Waals surface area contributed by atoms with Crippen LogP contribution in [0.15, 0.2) is 59.4 Å². The number of benzene rings is 2. The lowest BCUT2D eigenvalue weighted by atomic mass is 10.1. The first-order valence-electron chi connectivity index (χ1n) is 11.4. The lowest BCUT2D eigenvalue weighted by Crippen LogP contribution is -2.31. The van der Waals surface area contributed by atoms with Gasteiger partial charge in [-0.15, -0.1) is 13.2 Å². The number of alkyl halides is 3. The molecule has 0 aliphatic carbocycles. The van der Waals surface area contributed by atoms with Crippen LogP contribution in [0, 0.1) is 6.92 Å². The minimum atomic E-state index is -4.88. The van der Waals surface area contributed by atoms with E-state index in [0.29, 0.717) is 36.4 Å². The SMILES string of the molecule is COc1cc(C(=O)N2CCCC2c2nc(-c3ccccc3OC(F)(F)F)no2)c(-n2cccn2)cc1C. The number of hydrogen-bond donors (Lipinski definition) is 0. The summed E-state index contributed by atoms with van der Waals surface area (Å²) in [5, 5.41) is 8.15. The molecule has 37 heavy (non-hydrogen) atoms. The second kappa shape index (κ2) is 9.60. The van der Waals surface area contributed by atoms with Crippen LogP contribution < -0.4 is 9.47 Å². The summed E-state index contributed by atoms with van der Waals surface area (Å²) < 4.78 is 55.2. The van der Waals surface area contributed by atoms with Crippen molar-refractivity contribution in [3.8, 4) is 28.6 Å². The highest BCUT2D eigenvalue weighted by Crippen LogP contribution is 2.37. The molecule has 0 N–H and O–H groups in total. The Bertz CT molecular complexity index is 1420. The Morgan fingerprint density at radius 3 is 2.70 bits per heavy atom. The van der Waals surface area contributed by atoms with Crippen molar-refractivity contribution in [3.05, 3.63) is 71.9 Å². The average Bonchev–Trinajstić information content (AvgIpc) is 3.64. The van der Waals surface area contributed by atoms with E-state index in [-0.39, 0.29) is 23.2 Å². The molecule has 3 heterocycles. The van der Waals surface area contributed by atoms with Gasteiger partial charge in [-0.1, -0.05) is 17.3 Å². The van der Waals surface area contributed by atoms with Gasteiger partial charge in [-0.25, -0.2) is 4.68 Å². The predicted molar refractivity (Wildman–Crippen MR) is 124 cm³/mol. The Hall–Kier alpha value is -4.35. The van der Waals surface area contributed by atoms with Gasteiger partial charge in [-0.2, -0.15) is 10.1 Å². The Balaban J connectivity index is 1.48. The van der Waals surface area contributed by atoms with E-state index in [1.54, 1.807) is 40.2 Å². The maximum Gasteiger partial charge on any atom is 0.573 e. The number of aryl methyl sites for hydroxylation is 1. The normalized spacial score (nSPS) is 15.7. The summed E-state index contributed by atoms with van der Waals surface area (Å²) in [5.41, 5.74) is 1.82. The quantitative estimate of drug-likeness (QED) is 0.353. The van der Waals surface area contributed by atoms with Crippen molar-refractivity contribution in [1.82, 2.24) is 24.8 Å². The van der Waals surface area contributed by atoms with Gasteiger partial charge in [0.15, 0.2) is 0 Å². The molecule has 1 saturated heterocycles. The third-order valence-electron chi connectivity index (χ3n) is 6.09. The third kappa shape index (κ3) is 4.86. The largest absolute Gasteiger partial charge is 0.573 e. The molecule has 1 aliphatic heterocycles. The van der Waals surface area contributed by atoms with Crippen LogP contribution in [0.5, 0.6) is 11.5 Å². The number of methoxy groups -OCH3 is 1. The molecule has 9 nitrogen and oxygen atoms in total. The molecule has 0 bridgehead atoms. The number of ether oxygens (including phenoxy) is 2. The van der Waals surface area contributed by atoms with Crippen molar-refractivity contribution in [3.63, 3.8) is 0 Å². The van der Waals surface area contributed by atoms with Gasteiger partial charge in [0, 0.05) is 18.9 Å². The minimum absolute atomic E-state index is 0.0231. The van der Waals surface area contributed by atoms with Gasteiger partial charge in [0.2, 0.25) is 11.7 Å². The van der Waals surface area contributed by atoms with Crippen LogP contribution in [-0.2, 0) is 0 Å². The zero-order valence-corrected chi connectivity index (χ0v) is 19.9. The summed E-state index contributed by atoms with van der Waals surface area (Å²) in [6.07, 6.45) is -0.286. The van der Waals surface area contributed by atoms with Crippen LogP contribution in [0.4, 0.5) is 13.2 Å². The van der Waals surface area contributed by atoms with Crippen LogP contribution in [0.25, 0.3) is 17.1 Å². The molecule has 1 amide bonds. The molecule has 1 fully saturated rings. The van der Waals surface area contributed by atoms with E-state index >= 15 is 0 Å². The molecular formula is C25H22F3N5O4. The van der Waals surface area contributed by atoms with Gasteiger partial charge >= 0.3 is 6.36 Å². The topological polar surface area (TPSA) is 95.5 Å². The molecule has 0 spiro atoms. The molecule has 1 unspecified atom stereocenters. The summed E-state index contributed by atoms with van der Waals surface area (Å²) in [6, 6.07) is 10.2. The molecule has 2 aromatic heterocycles. The second-order valence-corrected chi connectivity index (χ2v) is 8.45. The zero-order valence-electron chi connectivity index (χ0n) is 19.9. The van der Waals surface area contributed by atoms with E-state index in [9.17, 15) is 18.0 Å². The van der Waals surface area contributed by atoms with Crippen molar-refractivity contribution in [2.75, 3.05) is 13.7 Å². The second-order valence-electron chi connectivity index (χ2n) is 8.45. The highest BCUT2D eigenvalue weighted by Gasteiger charge is 2.37. The summed E-state index contributed by atoms with van der Waals surface area (Å²) in [5.74, 6) is -0.119. The van der Waals surface area contributed by atoms with E-state index in [1.807, 2.05) is 13.0 Å². The summed E-state index contributed by atoms with van der Waals surface area (Å²) in [6.45, 7) is 2.31. The number of rotatable bonds is 6. The first-order chi connectivity index (χ1) is 17.7. The molecule has 1 atom stereocenters. The van der Waals surface area contributed by atoms with Gasteiger partial charge in [0.05, 0.1) is 23.9 Å². The predicted octanol–water partition coefficient (Wildman–Crippen LogP) is 5.12. The van der Waals surface area contributed by atoms with E-state index in [4.69, 9.17) is 9.26 Å². The number of para-hydroxylation sites is 1. The molecule has 12 heteroatoms. The fourth-order valence-corrected chi connectivity index (χ4v) is 4.43. The minimum Gasteiger partial charge on any atom is -0.496 e. The van der Waals surface area contributed by atoms with E-state index in [2.05, 4.69) is 20.0 Å². The summed E-state index contributed by atoms with van der Waals surface area (Å²) in [4.78, 5) is 19.8. The molecule has 0 saturated carbocycles. The maximum absolute atomic E-state index is 13.8. The smallest absolute Gasteiger partial charge is 0.496 e. The number of carbonyl (C=O) groups excluding carboxylic acids is 1. The number of nitrogens with zero attached hydrogens (tertiary/aromatic N) is 5. The Kier molecular flexibility index (Phi) is 6.32. The molecule has 2 aromatic carbocycles. The first kappa shape index (κ1) is 24.3. The van der Waals surface area contributed by atoms with Gasteiger partial charge in [0.25, 0.3) is 5.91 Å². The van der Waals surface area contributed by atoms with Crippen molar-refractivity contribution >= 4 is 5.91 Å². The number of carbonyl (C=O) groups is 1. The van der Waals surface area contributed by atoms with Gasteiger partial charge in [-0.3, -0.25) is 4.79 Å². The lowest BCUT2D eigenvalue weighted by molar-refractivity contribution is -0.274. The summed E-state index contributed by atoms with van der Waals surface area (Å²) >= 11 is 0. The van der Waals surface area contributed by atoms with Crippen LogP contribution in [0.2, 0.25) is 0 Å². The van der Waals surface area contributed by atoms with Gasteiger partial charge < -0.3 is 18.9 Å². The van der Waals surface area contributed by atoms with E-state index in [1.165, 1.54) is 25.3 Å². The standard InChI is InChI=1S/C25H22F3N5O4/c1-15-13-19(33-12-6-10-29-33)17(14-21(15)35-2)24(34)32-11-5-8-18(32)23-30-22(31-37-23)16-7-3-4-9-20(16)36-25(26,27)28/h3-4,6-7,9-10,12-14,18H,5,8,11H2,1-2H3. The number of hydrogen-bond acceptors (Lipinski definition) is 7. The number of amides is 1. The highest BCUT2D eigenvalue weighted by molar-refractivity contribution is 5.98. The molecule has 0 radical (unpaired) electrons. The van der Waals surface area contributed by atoms with Crippen molar-refractivity contribution in [2.45, 2.75) is 32.2 Å². The zero-order chi connectivity index (χ0) is 26.2. The third-order valence-corrected chi connectivity index (χ3v) is 6.09. The highest BCUT2D eigenvalue weighted by atomic mass is 19.4. The Morgan fingerprint density at radius 1 is 1.16 bits per heavy atom. The van der Waals surface area contributed by atoms with Crippen LogP contribution in [0.1, 0.15) is 40.7 Å². The van der Waals surface area contributed by atoms with E-state index in [0.717, 1.165) is 5.56 Å². The van der Waals surface area contributed by atoms with Crippen LogP contribution in [0.3, 0.4) is 0 Å². The molecule has 4 aromatic rings. The molecule has 1 aliphatic rings. The number of likely N-dealkylation sites (tertiary alicyclic amines) is 1. The molecule has 5 rings (SSSR count). The van der Waals surface area contributed by atoms with Crippen molar-refractivity contribution < 1.29 is 32.0 Å². The fraction of sp³-hybridized carbons (Fsp3) is 0.280. The van der Waals surface area contributed by atoms with E-state index < -0.39 is 18.2 Å². The Labute approximate surface area is 209 Å². The number of halogens is 3.